The SMILES string of the molecule is O=C(O)C=COc1c(O)c(O)cc2oc(-c3ccccc3)cc(=O)c12. The van der Waals surface area contributed by atoms with E-state index < -0.39 is 22.9 Å². The van der Waals surface area contributed by atoms with Gasteiger partial charge in [0.15, 0.2) is 16.9 Å². The third kappa shape index (κ3) is 3.16. The van der Waals surface area contributed by atoms with Crippen molar-refractivity contribution in [2.45, 2.75) is 0 Å². The first kappa shape index (κ1) is 16.1. The normalized spacial score (nSPS) is 11.0. The molecule has 3 aromatic rings. The molecule has 25 heavy (non-hydrogen) atoms. The number of aromatic hydroxyl groups is 2. The zero-order chi connectivity index (χ0) is 18.0. The summed E-state index contributed by atoms with van der Waals surface area (Å²) in [4.78, 5) is 23.0. The van der Waals surface area contributed by atoms with E-state index in [4.69, 9.17) is 14.3 Å². The molecular formula is C18H12O7. The minimum Gasteiger partial charge on any atom is -0.504 e. The van der Waals surface area contributed by atoms with Gasteiger partial charge in [0, 0.05) is 17.7 Å². The lowest BCUT2D eigenvalue weighted by atomic mass is 10.1. The maximum atomic E-state index is 12.5. The summed E-state index contributed by atoms with van der Waals surface area (Å²) in [5.41, 5.74) is 0.122. The van der Waals surface area contributed by atoms with Gasteiger partial charge in [-0.1, -0.05) is 30.3 Å². The van der Waals surface area contributed by atoms with E-state index >= 15 is 0 Å². The van der Waals surface area contributed by atoms with Gasteiger partial charge in [-0.05, 0) is 0 Å². The van der Waals surface area contributed by atoms with Crippen LogP contribution in [0.1, 0.15) is 0 Å². The van der Waals surface area contributed by atoms with Gasteiger partial charge in [-0.2, -0.15) is 0 Å². The second-order valence-corrected chi connectivity index (χ2v) is 5.05. The maximum absolute atomic E-state index is 12.5. The van der Waals surface area contributed by atoms with Crippen LogP contribution in [0.4, 0.5) is 0 Å². The summed E-state index contributed by atoms with van der Waals surface area (Å²) >= 11 is 0. The van der Waals surface area contributed by atoms with E-state index in [9.17, 15) is 19.8 Å². The highest BCUT2D eigenvalue weighted by atomic mass is 16.5. The number of carboxylic acid groups (broad SMARTS) is 1. The molecule has 0 atom stereocenters. The molecule has 0 aliphatic heterocycles. The molecule has 1 heterocycles. The van der Waals surface area contributed by atoms with Gasteiger partial charge >= 0.3 is 5.97 Å². The Bertz CT molecular complexity index is 1030. The lowest BCUT2D eigenvalue weighted by Gasteiger charge is -2.10. The summed E-state index contributed by atoms with van der Waals surface area (Å²) in [6.07, 6.45) is 1.45. The average Bonchev–Trinajstić information content (AvgIpc) is 2.58. The van der Waals surface area contributed by atoms with E-state index in [0.717, 1.165) is 12.3 Å². The number of rotatable bonds is 4. The van der Waals surface area contributed by atoms with Crippen molar-refractivity contribution in [2.24, 2.45) is 0 Å². The molecule has 3 rings (SSSR count). The van der Waals surface area contributed by atoms with Gasteiger partial charge in [0.25, 0.3) is 0 Å². The molecule has 7 heteroatoms. The molecule has 0 amide bonds. The number of phenols is 2. The van der Waals surface area contributed by atoms with Gasteiger partial charge in [-0.3, -0.25) is 4.79 Å². The molecular weight excluding hydrogens is 328 g/mol. The molecule has 0 aliphatic carbocycles. The maximum Gasteiger partial charge on any atom is 0.331 e. The molecule has 0 radical (unpaired) electrons. The van der Waals surface area contributed by atoms with Crippen LogP contribution in [0.25, 0.3) is 22.3 Å². The van der Waals surface area contributed by atoms with Crippen LogP contribution >= 0.6 is 0 Å². The second kappa shape index (κ2) is 6.40. The van der Waals surface area contributed by atoms with Gasteiger partial charge in [-0.25, -0.2) is 4.79 Å². The first-order valence-corrected chi connectivity index (χ1v) is 7.11. The number of carboxylic acids is 1. The van der Waals surface area contributed by atoms with Crippen LogP contribution in [-0.2, 0) is 4.79 Å². The smallest absolute Gasteiger partial charge is 0.331 e. The molecule has 0 bridgehead atoms. The van der Waals surface area contributed by atoms with Crippen molar-refractivity contribution in [1.29, 1.82) is 0 Å². The van der Waals surface area contributed by atoms with Crippen molar-refractivity contribution in [3.8, 4) is 28.6 Å². The molecule has 126 valence electrons. The number of phenolic OH excluding ortho intramolecular Hbond substituents is 2. The Morgan fingerprint density at radius 3 is 2.52 bits per heavy atom. The number of fused-ring (bicyclic) bond motifs is 1. The largest absolute Gasteiger partial charge is 0.504 e. The highest BCUT2D eigenvalue weighted by Crippen LogP contribution is 2.41. The number of carbonyl (C=O) groups is 1. The monoisotopic (exact) mass is 340 g/mol. The Hall–Kier alpha value is -3.74. The molecule has 2 aromatic carbocycles. The van der Waals surface area contributed by atoms with Gasteiger partial charge in [0.1, 0.15) is 16.7 Å². The van der Waals surface area contributed by atoms with Crippen LogP contribution in [0, 0.1) is 0 Å². The minimum atomic E-state index is -1.28. The molecule has 0 saturated heterocycles. The molecule has 0 unspecified atom stereocenters. The van der Waals surface area contributed by atoms with Gasteiger partial charge in [0.2, 0.25) is 5.75 Å². The summed E-state index contributed by atoms with van der Waals surface area (Å²) in [5, 5.41) is 28.2. The second-order valence-electron chi connectivity index (χ2n) is 5.05. The van der Waals surface area contributed by atoms with Crippen LogP contribution in [0.3, 0.4) is 0 Å². The molecule has 0 aliphatic rings. The Morgan fingerprint density at radius 1 is 1.12 bits per heavy atom. The van der Waals surface area contributed by atoms with E-state index in [1.165, 1.54) is 6.07 Å². The average molecular weight is 340 g/mol. The van der Waals surface area contributed by atoms with E-state index in [1.54, 1.807) is 24.3 Å². The highest BCUT2D eigenvalue weighted by Gasteiger charge is 2.19. The van der Waals surface area contributed by atoms with E-state index in [0.29, 0.717) is 11.6 Å². The number of hydrogen-bond donors (Lipinski definition) is 3. The van der Waals surface area contributed by atoms with Crippen molar-refractivity contribution in [2.75, 3.05) is 0 Å². The number of ether oxygens (including phenoxy) is 1. The summed E-state index contributed by atoms with van der Waals surface area (Å²) < 4.78 is 10.7. The molecule has 1 aromatic heterocycles. The molecule has 0 saturated carbocycles. The summed E-state index contributed by atoms with van der Waals surface area (Å²) in [7, 11) is 0. The predicted molar refractivity (Wildman–Crippen MR) is 88.7 cm³/mol. The highest BCUT2D eigenvalue weighted by molar-refractivity contribution is 5.90. The van der Waals surface area contributed by atoms with E-state index in [1.807, 2.05) is 6.07 Å². The van der Waals surface area contributed by atoms with Crippen LogP contribution in [0.5, 0.6) is 17.2 Å². The fraction of sp³-hybridized carbons (Fsp3) is 0. The standard InChI is InChI=1S/C18H12O7/c19-11-8-13(10-4-2-1-3-5-10)25-14-9-12(20)17(23)18(16(11)14)24-7-6-15(21)22/h1-9,20,23H,(H,21,22). The van der Waals surface area contributed by atoms with E-state index in [2.05, 4.69) is 0 Å². The fourth-order valence-electron chi connectivity index (χ4n) is 2.28. The summed E-state index contributed by atoms with van der Waals surface area (Å²) in [6, 6.07) is 11.2. The third-order valence-corrected chi connectivity index (χ3v) is 3.38. The summed E-state index contributed by atoms with van der Waals surface area (Å²) in [5.74, 6) is -2.65. The number of aliphatic carboxylic acids is 1. The first-order valence-electron chi connectivity index (χ1n) is 7.11. The summed E-state index contributed by atoms with van der Waals surface area (Å²) in [6.45, 7) is 0. The Balaban J connectivity index is 2.22. The van der Waals surface area contributed by atoms with Crippen molar-refractivity contribution in [3.63, 3.8) is 0 Å². The molecule has 3 N–H and O–H groups in total. The van der Waals surface area contributed by atoms with Crippen LogP contribution in [0.15, 0.2) is 64.0 Å². The Kier molecular flexibility index (Phi) is 4.13. The zero-order valence-corrected chi connectivity index (χ0v) is 12.7. The number of benzene rings is 2. The predicted octanol–water partition coefficient (Wildman–Crippen LogP) is 2.85. The lowest BCUT2D eigenvalue weighted by Crippen LogP contribution is -2.03. The van der Waals surface area contributed by atoms with Crippen LogP contribution < -0.4 is 10.2 Å². The Labute approximate surface area is 140 Å². The molecule has 7 nitrogen and oxygen atoms in total. The minimum absolute atomic E-state index is 0.0135. The van der Waals surface area contributed by atoms with Crippen molar-refractivity contribution < 1.29 is 29.3 Å². The number of hydrogen-bond acceptors (Lipinski definition) is 6. The van der Waals surface area contributed by atoms with E-state index in [-0.39, 0.29) is 22.5 Å². The van der Waals surface area contributed by atoms with Crippen molar-refractivity contribution >= 4 is 16.9 Å². The van der Waals surface area contributed by atoms with Gasteiger partial charge in [-0.15, -0.1) is 0 Å². The fourth-order valence-corrected chi connectivity index (χ4v) is 2.28. The van der Waals surface area contributed by atoms with Crippen LogP contribution in [0.2, 0.25) is 0 Å². The molecule has 0 fully saturated rings. The lowest BCUT2D eigenvalue weighted by molar-refractivity contribution is -0.131. The van der Waals surface area contributed by atoms with Gasteiger partial charge in [0.05, 0.1) is 12.3 Å². The third-order valence-electron chi connectivity index (χ3n) is 3.38. The topological polar surface area (TPSA) is 117 Å². The quantitative estimate of drug-likeness (QED) is 0.380. The Morgan fingerprint density at radius 2 is 1.84 bits per heavy atom. The van der Waals surface area contributed by atoms with Crippen molar-refractivity contribution in [1.82, 2.24) is 0 Å². The zero-order valence-electron chi connectivity index (χ0n) is 12.7. The molecule has 0 spiro atoms. The first-order chi connectivity index (χ1) is 12.0. The van der Waals surface area contributed by atoms with Crippen LogP contribution in [-0.4, -0.2) is 21.3 Å². The van der Waals surface area contributed by atoms with Gasteiger partial charge < -0.3 is 24.5 Å². The van der Waals surface area contributed by atoms with Crippen molar-refractivity contribution in [3.05, 3.63) is 65.0 Å².